The standard InChI is InChI=1S/C49H31N3S/c1-3-10-32(11-4-1)34-18-24-37(25-19-34)47-50-48(52-49(51-47)44-16-9-15-43-42-14-7-8-17-45(42)53-46(43)44)38-26-20-35(21-27-38)40-29-23-36-22-28-39(30-41(36)31-40)33-12-5-2-6-13-33/h1-31H. The smallest absolute Gasteiger partial charge is 0.165 e. The molecule has 248 valence electrons. The van der Waals surface area contributed by atoms with Gasteiger partial charge in [0.2, 0.25) is 0 Å². The molecule has 3 nitrogen and oxygen atoms in total. The van der Waals surface area contributed by atoms with E-state index in [1.54, 1.807) is 11.3 Å². The number of hydrogen-bond donors (Lipinski definition) is 0. The molecule has 2 heterocycles. The van der Waals surface area contributed by atoms with E-state index in [-0.39, 0.29) is 0 Å². The molecule has 0 aliphatic carbocycles. The lowest BCUT2D eigenvalue weighted by Crippen LogP contribution is -2.00. The largest absolute Gasteiger partial charge is 0.208 e. The first-order chi connectivity index (χ1) is 26.2. The molecule has 0 aliphatic heterocycles. The Bertz CT molecular complexity index is 2910. The molecule has 0 saturated heterocycles. The third-order valence-corrected chi connectivity index (χ3v) is 11.2. The highest BCUT2D eigenvalue weighted by Crippen LogP contribution is 2.40. The lowest BCUT2D eigenvalue weighted by Gasteiger charge is -2.11. The van der Waals surface area contributed by atoms with Gasteiger partial charge >= 0.3 is 0 Å². The molecule has 0 N–H and O–H groups in total. The molecule has 0 radical (unpaired) electrons. The summed E-state index contributed by atoms with van der Waals surface area (Å²) >= 11 is 1.79. The van der Waals surface area contributed by atoms with Crippen molar-refractivity contribution < 1.29 is 0 Å². The second-order valence-electron chi connectivity index (χ2n) is 13.3. The van der Waals surface area contributed by atoms with Crippen molar-refractivity contribution in [3.05, 3.63) is 188 Å². The fourth-order valence-corrected chi connectivity index (χ4v) is 8.38. The number of hydrogen-bond acceptors (Lipinski definition) is 4. The summed E-state index contributed by atoms with van der Waals surface area (Å²) in [7, 11) is 0. The Morgan fingerprint density at radius 2 is 0.755 bits per heavy atom. The quantitative estimate of drug-likeness (QED) is 0.174. The number of benzene rings is 8. The Hall–Kier alpha value is -6.75. The Balaban J connectivity index is 1.06. The molecule has 0 aliphatic rings. The van der Waals surface area contributed by atoms with Gasteiger partial charge in [-0.2, -0.15) is 0 Å². The van der Waals surface area contributed by atoms with Crippen LogP contribution in [0.4, 0.5) is 0 Å². The van der Waals surface area contributed by atoms with E-state index in [4.69, 9.17) is 15.0 Å². The van der Waals surface area contributed by atoms with E-state index in [2.05, 4.69) is 182 Å². The third kappa shape index (κ3) is 5.85. The molecule has 53 heavy (non-hydrogen) atoms. The second kappa shape index (κ2) is 13.1. The first-order valence-electron chi connectivity index (χ1n) is 17.8. The summed E-state index contributed by atoms with van der Waals surface area (Å²) in [6, 6.07) is 66.4. The van der Waals surface area contributed by atoms with Gasteiger partial charge in [-0.25, -0.2) is 15.0 Å². The summed E-state index contributed by atoms with van der Waals surface area (Å²) in [5, 5.41) is 4.91. The molecule has 4 heteroatoms. The number of fused-ring (bicyclic) bond motifs is 4. The lowest BCUT2D eigenvalue weighted by molar-refractivity contribution is 1.08. The van der Waals surface area contributed by atoms with Crippen molar-refractivity contribution in [3.8, 4) is 67.5 Å². The third-order valence-electron chi connectivity index (χ3n) is 9.95. The molecule has 0 unspecified atom stereocenters. The van der Waals surface area contributed by atoms with Gasteiger partial charge in [-0.3, -0.25) is 0 Å². The molecule has 0 bridgehead atoms. The van der Waals surface area contributed by atoms with Crippen molar-refractivity contribution in [2.45, 2.75) is 0 Å². The van der Waals surface area contributed by atoms with Crippen LogP contribution >= 0.6 is 11.3 Å². The summed E-state index contributed by atoms with van der Waals surface area (Å²) in [5.41, 5.74) is 9.97. The monoisotopic (exact) mass is 693 g/mol. The van der Waals surface area contributed by atoms with E-state index in [0.717, 1.165) is 27.8 Å². The van der Waals surface area contributed by atoms with Crippen molar-refractivity contribution in [2.24, 2.45) is 0 Å². The molecule has 0 fully saturated rings. The van der Waals surface area contributed by atoms with Gasteiger partial charge in [-0.15, -0.1) is 11.3 Å². The van der Waals surface area contributed by atoms with Gasteiger partial charge in [0.15, 0.2) is 17.5 Å². The van der Waals surface area contributed by atoms with Crippen molar-refractivity contribution in [2.75, 3.05) is 0 Å². The van der Waals surface area contributed by atoms with Gasteiger partial charge < -0.3 is 0 Å². The zero-order chi connectivity index (χ0) is 35.1. The SMILES string of the molecule is c1ccc(-c2ccc(-c3nc(-c4ccc(-c5ccc6ccc(-c7ccccc7)cc6c5)cc4)nc(-c4cccc5c4sc4ccccc45)n3)cc2)cc1. The van der Waals surface area contributed by atoms with Crippen LogP contribution in [-0.2, 0) is 0 Å². The fourth-order valence-electron chi connectivity index (χ4n) is 7.17. The highest BCUT2D eigenvalue weighted by Gasteiger charge is 2.17. The summed E-state index contributed by atoms with van der Waals surface area (Å²) in [4.78, 5) is 15.4. The van der Waals surface area contributed by atoms with E-state index < -0.39 is 0 Å². The van der Waals surface area contributed by atoms with Crippen LogP contribution in [0.15, 0.2) is 188 Å². The van der Waals surface area contributed by atoms with Gasteiger partial charge in [-0.05, 0) is 68.4 Å². The van der Waals surface area contributed by atoms with Crippen LogP contribution in [0.5, 0.6) is 0 Å². The molecular weight excluding hydrogens is 663 g/mol. The van der Waals surface area contributed by atoms with Crippen molar-refractivity contribution in [1.82, 2.24) is 15.0 Å². The van der Waals surface area contributed by atoms with Gasteiger partial charge in [0.1, 0.15) is 0 Å². The number of rotatable bonds is 6. The van der Waals surface area contributed by atoms with Crippen LogP contribution in [-0.4, -0.2) is 15.0 Å². The molecular formula is C49H31N3S. The normalized spacial score (nSPS) is 11.4. The second-order valence-corrected chi connectivity index (χ2v) is 14.3. The predicted octanol–water partition coefficient (Wildman–Crippen LogP) is 13.4. The van der Waals surface area contributed by atoms with E-state index in [1.165, 1.54) is 53.2 Å². The van der Waals surface area contributed by atoms with E-state index in [1.807, 2.05) is 6.07 Å². The van der Waals surface area contributed by atoms with E-state index in [0.29, 0.717) is 17.5 Å². The van der Waals surface area contributed by atoms with Crippen molar-refractivity contribution in [3.63, 3.8) is 0 Å². The Morgan fingerprint density at radius 3 is 1.38 bits per heavy atom. The molecule has 2 aromatic heterocycles. The van der Waals surface area contributed by atoms with Gasteiger partial charge in [0.05, 0.1) is 0 Å². The molecule has 0 saturated carbocycles. The van der Waals surface area contributed by atoms with Crippen molar-refractivity contribution in [1.29, 1.82) is 0 Å². The Morgan fingerprint density at radius 1 is 0.302 bits per heavy atom. The maximum absolute atomic E-state index is 5.15. The highest BCUT2D eigenvalue weighted by atomic mass is 32.1. The number of aromatic nitrogens is 3. The molecule has 8 aromatic carbocycles. The van der Waals surface area contributed by atoms with Crippen LogP contribution < -0.4 is 0 Å². The molecule has 10 rings (SSSR count). The van der Waals surface area contributed by atoms with Crippen LogP contribution in [0.2, 0.25) is 0 Å². The van der Waals surface area contributed by atoms with E-state index >= 15 is 0 Å². The maximum atomic E-state index is 5.15. The summed E-state index contributed by atoms with van der Waals surface area (Å²) in [6.45, 7) is 0. The number of thiophene rings is 1. The van der Waals surface area contributed by atoms with Crippen LogP contribution in [0, 0.1) is 0 Å². The van der Waals surface area contributed by atoms with Gasteiger partial charge in [0, 0.05) is 36.9 Å². The Kier molecular flexibility index (Phi) is 7.67. The van der Waals surface area contributed by atoms with Gasteiger partial charge in [0.25, 0.3) is 0 Å². The molecule has 0 atom stereocenters. The summed E-state index contributed by atoms with van der Waals surface area (Å²) < 4.78 is 2.43. The number of nitrogens with zero attached hydrogens (tertiary/aromatic N) is 3. The van der Waals surface area contributed by atoms with E-state index in [9.17, 15) is 0 Å². The zero-order valence-corrected chi connectivity index (χ0v) is 29.5. The maximum Gasteiger partial charge on any atom is 0.165 e. The average Bonchev–Trinajstić information content (AvgIpc) is 3.63. The summed E-state index contributed by atoms with van der Waals surface area (Å²) in [6.07, 6.45) is 0. The van der Waals surface area contributed by atoms with Gasteiger partial charge in [-0.1, -0.05) is 164 Å². The van der Waals surface area contributed by atoms with Crippen molar-refractivity contribution >= 4 is 42.3 Å². The molecule has 10 aromatic rings. The first-order valence-corrected chi connectivity index (χ1v) is 18.6. The molecule has 0 spiro atoms. The van der Waals surface area contributed by atoms with Crippen LogP contribution in [0.3, 0.4) is 0 Å². The average molecular weight is 694 g/mol. The minimum atomic E-state index is 0.646. The minimum Gasteiger partial charge on any atom is -0.208 e. The Labute approximate surface area is 311 Å². The first kappa shape index (κ1) is 31.0. The topological polar surface area (TPSA) is 38.7 Å². The lowest BCUT2D eigenvalue weighted by atomic mass is 9.97. The zero-order valence-electron chi connectivity index (χ0n) is 28.6. The summed E-state index contributed by atoms with van der Waals surface area (Å²) in [5.74, 6) is 1.96. The minimum absolute atomic E-state index is 0.646. The fraction of sp³-hybridized carbons (Fsp3) is 0. The highest BCUT2D eigenvalue weighted by molar-refractivity contribution is 7.26. The predicted molar refractivity (Wildman–Crippen MR) is 223 cm³/mol. The van der Waals surface area contributed by atoms with Crippen LogP contribution in [0.25, 0.3) is 98.5 Å². The van der Waals surface area contributed by atoms with Crippen LogP contribution in [0.1, 0.15) is 0 Å². The molecule has 0 amide bonds.